The maximum Gasteiger partial charge on any atom is 0.228 e. The lowest BCUT2D eigenvalue weighted by Crippen LogP contribution is -2.31. The highest BCUT2D eigenvalue weighted by atomic mass is 35.5. The van der Waals surface area contributed by atoms with Crippen LogP contribution in [0.15, 0.2) is 59.6 Å². The third kappa shape index (κ3) is 4.58. The van der Waals surface area contributed by atoms with Gasteiger partial charge in [0.1, 0.15) is 24.5 Å². The quantitative estimate of drug-likeness (QED) is 0.264. The van der Waals surface area contributed by atoms with Crippen molar-refractivity contribution < 1.29 is 18.4 Å². The van der Waals surface area contributed by atoms with Crippen molar-refractivity contribution in [2.24, 2.45) is 10.9 Å². The summed E-state index contributed by atoms with van der Waals surface area (Å²) >= 11 is 6.54. The predicted molar refractivity (Wildman–Crippen MR) is 119 cm³/mol. The van der Waals surface area contributed by atoms with Crippen molar-refractivity contribution in [2.75, 3.05) is 19.7 Å². The molecule has 0 radical (unpaired) electrons. The molecule has 1 aromatic heterocycles. The third-order valence-corrected chi connectivity index (χ3v) is 5.42. The number of nitrogens with one attached hydrogen (secondary N) is 1. The average Bonchev–Trinajstić information content (AvgIpc) is 3.08. The predicted octanol–water partition coefficient (Wildman–Crippen LogP) is 3.49. The minimum absolute atomic E-state index is 0.284. The second-order valence-corrected chi connectivity index (χ2v) is 7.72. The van der Waals surface area contributed by atoms with Crippen molar-refractivity contribution in [1.82, 2.24) is 14.8 Å². The van der Waals surface area contributed by atoms with Gasteiger partial charge >= 0.3 is 0 Å². The summed E-state index contributed by atoms with van der Waals surface area (Å²) in [7, 11) is 0. The molecule has 1 aliphatic heterocycles. The van der Waals surface area contributed by atoms with Crippen LogP contribution in [-0.4, -0.2) is 41.4 Å². The van der Waals surface area contributed by atoms with Crippen molar-refractivity contribution in [3.05, 3.63) is 70.8 Å². The van der Waals surface area contributed by atoms with E-state index >= 15 is 0 Å². The van der Waals surface area contributed by atoms with Crippen molar-refractivity contribution in [3.8, 4) is 11.4 Å². The fraction of sp³-hybridized carbons (Fsp3) is 0.182. The number of rotatable bonds is 5. The number of hydrogen-bond acceptors (Lipinski definition) is 4. The number of guanidine groups is 1. The molecule has 3 N–H and O–H groups in total. The Morgan fingerprint density at radius 2 is 2.16 bits per heavy atom. The Balaban J connectivity index is 1.63. The SMILES string of the molecule is N/C(=N/F)N/C=C(\C=O)CN1CCOc2c(Cl)cc(-n3ccc4cc(F)ccc43)cc2C1. The fourth-order valence-electron chi connectivity index (χ4n) is 3.69. The molecule has 7 nitrogen and oxygen atoms in total. The van der Waals surface area contributed by atoms with Gasteiger partial charge in [0.05, 0.1) is 10.5 Å². The molecule has 2 aromatic carbocycles. The highest BCUT2D eigenvalue weighted by molar-refractivity contribution is 6.32. The van der Waals surface area contributed by atoms with E-state index in [1.54, 1.807) is 12.1 Å². The third-order valence-electron chi connectivity index (χ3n) is 5.14. The zero-order valence-electron chi connectivity index (χ0n) is 16.9. The van der Waals surface area contributed by atoms with Gasteiger partial charge in [0.25, 0.3) is 0 Å². The molecule has 0 saturated heterocycles. The van der Waals surface area contributed by atoms with Crippen LogP contribution in [0.25, 0.3) is 16.6 Å². The van der Waals surface area contributed by atoms with Crippen molar-refractivity contribution in [3.63, 3.8) is 0 Å². The standard InChI is InChI=1S/C22H20ClF2N5O2/c23-19-9-18(30-4-3-15-7-17(24)1-2-20(15)30)8-16-12-29(5-6-32-21(16)19)11-14(13-31)10-27-22(26)28-25/h1-4,7-10,13H,5-6,11-12H2,(H3,26,27,28)/b14-10-. The number of aldehydes is 1. The van der Waals surface area contributed by atoms with Crippen LogP contribution in [-0.2, 0) is 11.3 Å². The molecule has 166 valence electrons. The largest absolute Gasteiger partial charge is 0.490 e. The van der Waals surface area contributed by atoms with Crippen LogP contribution in [0.4, 0.5) is 8.87 Å². The maximum atomic E-state index is 13.6. The lowest BCUT2D eigenvalue weighted by atomic mass is 10.1. The van der Waals surface area contributed by atoms with Crippen LogP contribution in [0.3, 0.4) is 0 Å². The molecular weight excluding hydrogens is 440 g/mol. The van der Waals surface area contributed by atoms with Gasteiger partial charge in [0.15, 0.2) is 0 Å². The summed E-state index contributed by atoms with van der Waals surface area (Å²) in [6.45, 7) is 1.68. The van der Waals surface area contributed by atoms with Crippen LogP contribution < -0.4 is 15.8 Å². The zero-order chi connectivity index (χ0) is 22.7. The molecule has 1 aliphatic rings. The van der Waals surface area contributed by atoms with Gasteiger partial charge in [-0.25, -0.2) is 4.39 Å². The Labute approximate surface area is 187 Å². The second kappa shape index (κ2) is 9.37. The van der Waals surface area contributed by atoms with Gasteiger partial charge < -0.3 is 20.4 Å². The molecule has 3 aromatic rings. The minimum Gasteiger partial charge on any atom is -0.490 e. The van der Waals surface area contributed by atoms with E-state index in [4.69, 9.17) is 22.1 Å². The van der Waals surface area contributed by atoms with E-state index in [9.17, 15) is 13.7 Å². The number of hydrogen-bond donors (Lipinski definition) is 2. The Morgan fingerprint density at radius 1 is 1.31 bits per heavy atom. The van der Waals surface area contributed by atoms with Gasteiger partial charge in [0.2, 0.25) is 5.96 Å². The first-order chi connectivity index (χ1) is 15.5. The lowest BCUT2D eigenvalue weighted by molar-refractivity contribution is -0.105. The van der Waals surface area contributed by atoms with E-state index in [1.807, 2.05) is 27.8 Å². The number of ether oxygens (including phenoxy) is 1. The first-order valence-corrected chi connectivity index (χ1v) is 10.2. The molecule has 0 aliphatic carbocycles. The van der Waals surface area contributed by atoms with Crippen LogP contribution in [0.5, 0.6) is 5.75 Å². The molecule has 0 atom stereocenters. The number of halogens is 3. The topological polar surface area (TPSA) is 84.9 Å². The van der Waals surface area contributed by atoms with Crippen molar-refractivity contribution in [1.29, 1.82) is 0 Å². The summed E-state index contributed by atoms with van der Waals surface area (Å²) < 4.78 is 33.5. The van der Waals surface area contributed by atoms with Gasteiger partial charge in [0, 0.05) is 54.2 Å². The molecule has 4 rings (SSSR count). The lowest BCUT2D eigenvalue weighted by Gasteiger charge is -2.19. The fourth-order valence-corrected chi connectivity index (χ4v) is 3.98. The second-order valence-electron chi connectivity index (χ2n) is 7.32. The van der Waals surface area contributed by atoms with E-state index in [0.29, 0.717) is 42.3 Å². The van der Waals surface area contributed by atoms with Gasteiger partial charge in [-0.05, 0) is 36.4 Å². The first kappa shape index (κ1) is 21.8. The Morgan fingerprint density at radius 3 is 2.94 bits per heavy atom. The number of carbonyl (C=O) groups excluding carboxylic acids is 1. The molecule has 0 bridgehead atoms. The van der Waals surface area contributed by atoms with E-state index < -0.39 is 5.96 Å². The first-order valence-electron chi connectivity index (χ1n) is 9.78. The number of fused-ring (bicyclic) bond motifs is 2. The van der Waals surface area contributed by atoms with Gasteiger partial charge in [-0.3, -0.25) is 9.69 Å². The van der Waals surface area contributed by atoms with Crippen LogP contribution in [0.1, 0.15) is 5.56 Å². The smallest absolute Gasteiger partial charge is 0.228 e. The van der Waals surface area contributed by atoms with Crippen molar-refractivity contribution in [2.45, 2.75) is 6.54 Å². The molecule has 0 unspecified atom stereocenters. The normalized spacial score (nSPS) is 15.2. The summed E-state index contributed by atoms with van der Waals surface area (Å²) in [6.07, 6.45) is 3.83. The average molecular weight is 460 g/mol. The number of benzene rings is 2. The van der Waals surface area contributed by atoms with Crippen LogP contribution >= 0.6 is 11.6 Å². The van der Waals surface area contributed by atoms with E-state index in [0.717, 1.165) is 22.2 Å². The Kier molecular flexibility index (Phi) is 6.38. The zero-order valence-corrected chi connectivity index (χ0v) is 17.6. The molecule has 0 spiro atoms. The highest BCUT2D eigenvalue weighted by Crippen LogP contribution is 2.35. The molecule has 10 heteroatoms. The number of carbonyl (C=O) groups is 1. The van der Waals surface area contributed by atoms with Gasteiger partial charge in [-0.15, -0.1) is 0 Å². The maximum absolute atomic E-state index is 13.6. The number of nitrogens with two attached hydrogens (primary N) is 1. The minimum atomic E-state index is -0.441. The van der Waals surface area contributed by atoms with Gasteiger partial charge in [-0.2, -0.15) is 0 Å². The molecular formula is C22H20ClF2N5O2. The van der Waals surface area contributed by atoms with E-state index in [-0.39, 0.29) is 12.4 Å². The summed E-state index contributed by atoms with van der Waals surface area (Å²) in [5.41, 5.74) is 8.11. The van der Waals surface area contributed by atoms with E-state index in [1.165, 1.54) is 18.3 Å². The summed E-state index contributed by atoms with van der Waals surface area (Å²) in [4.78, 5) is 13.4. The molecule has 32 heavy (non-hydrogen) atoms. The molecule has 2 heterocycles. The summed E-state index contributed by atoms with van der Waals surface area (Å²) in [6, 6.07) is 10.2. The molecule has 0 amide bonds. The summed E-state index contributed by atoms with van der Waals surface area (Å²) in [5.74, 6) is -0.152. The Bertz CT molecular complexity index is 1220. The van der Waals surface area contributed by atoms with Crippen molar-refractivity contribution >= 4 is 34.7 Å². The number of aromatic nitrogens is 1. The number of nitrogens with zero attached hydrogens (tertiary/aromatic N) is 3. The van der Waals surface area contributed by atoms with E-state index in [2.05, 4.69) is 10.5 Å². The Hall–Kier alpha value is -3.43. The summed E-state index contributed by atoms with van der Waals surface area (Å²) in [5, 5.41) is 5.96. The van der Waals surface area contributed by atoms with Crippen LogP contribution in [0, 0.1) is 5.82 Å². The highest BCUT2D eigenvalue weighted by Gasteiger charge is 2.20. The monoisotopic (exact) mass is 459 g/mol. The van der Waals surface area contributed by atoms with Gasteiger partial charge in [-0.1, -0.05) is 21.3 Å². The molecule has 0 fully saturated rings. The molecule has 0 saturated carbocycles. The van der Waals surface area contributed by atoms with Crippen LogP contribution in [0.2, 0.25) is 5.02 Å².